The summed E-state index contributed by atoms with van der Waals surface area (Å²) in [6.07, 6.45) is 3.18. The van der Waals surface area contributed by atoms with E-state index in [-0.39, 0.29) is 0 Å². The van der Waals surface area contributed by atoms with Gasteiger partial charge >= 0.3 is 0 Å². The number of hydrogen-bond acceptors (Lipinski definition) is 4. The molecule has 2 heterocycles. The molecule has 100 valence electrons. The van der Waals surface area contributed by atoms with Crippen molar-refractivity contribution in [3.05, 3.63) is 36.0 Å². The summed E-state index contributed by atoms with van der Waals surface area (Å²) in [7, 11) is 0. The van der Waals surface area contributed by atoms with E-state index in [1.54, 1.807) is 0 Å². The molecule has 1 aliphatic heterocycles. The number of aromatic nitrogens is 1. The molecule has 0 amide bonds. The first-order chi connectivity index (χ1) is 9.40. The summed E-state index contributed by atoms with van der Waals surface area (Å²) >= 11 is 2.04. The molecular formula is C15H19N3S. The summed E-state index contributed by atoms with van der Waals surface area (Å²) in [5.41, 5.74) is 9.44. The van der Waals surface area contributed by atoms with Crippen molar-refractivity contribution >= 4 is 28.4 Å². The van der Waals surface area contributed by atoms with Crippen LogP contribution < -0.4 is 10.6 Å². The molecule has 0 bridgehead atoms. The highest BCUT2D eigenvalue weighted by molar-refractivity contribution is 7.99. The fraction of sp³-hybridized carbons (Fsp3) is 0.400. The van der Waals surface area contributed by atoms with Gasteiger partial charge in [-0.3, -0.25) is 4.98 Å². The number of pyridine rings is 1. The smallest absolute Gasteiger partial charge is 0.0723 e. The maximum atomic E-state index is 5.92. The Kier molecular flexibility index (Phi) is 3.89. The molecule has 0 spiro atoms. The van der Waals surface area contributed by atoms with E-state index in [0.29, 0.717) is 6.54 Å². The Morgan fingerprint density at radius 1 is 1.21 bits per heavy atom. The summed E-state index contributed by atoms with van der Waals surface area (Å²) < 4.78 is 0. The Morgan fingerprint density at radius 2 is 2.11 bits per heavy atom. The maximum absolute atomic E-state index is 5.92. The molecule has 4 heteroatoms. The number of benzene rings is 1. The first-order valence-corrected chi connectivity index (χ1v) is 7.95. The molecule has 19 heavy (non-hydrogen) atoms. The third kappa shape index (κ3) is 2.55. The minimum absolute atomic E-state index is 0.552. The molecule has 0 saturated carbocycles. The molecule has 1 aliphatic rings. The lowest BCUT2D eigenvalue weighted by molar-refractivity contribution is 0.810. The summed E-state index contributed by atoms with van der Waals surface area (Å²) in [6.45, 7) is 2.77. The normalized spacial score (nSPS) is 16.6. The van der Waals surface area contributed by atoms with Crippen molar-refractivity contribution in [2.24, 2.45) is 5.73 Å². The molecule has 2 aromatic rings. The molecule has 0 radical (unpaired) electrons. The van der Waals surface area contributed by atoms with E-state index >= 15 is 0 Å². The molecule has 0 atom stereocenters. The van der Waals surface area contributed by atoms with Gasteiger partial charge in [-0.2, -0.15) is 11.8 Å². The second-order valence-electron chi connectivity index (χ2n) is 4.81. The fourth-order valence-corrected chi connectivity index (χ4v) is 3.55. The summed E-state index contributed by atoms with van der Waals surface area (Å²) in [5, 5.41) is 1.23. The predicted molar refractivity (Wildman–Crippen MR) is 83.8 cm³/mol. The van der Waals surface area contributed by atoms with Gasteiger partial charge in [-0.1, -0.05) is 18.2 Å². The van der Waals surface area contributed by atoms with Crippen molar-refractivity contribution in [1.82, 2.24) is 4.98 Å². The standard InChI is InChI=1S/C15H19N3S/c16-10-12-11-17-14-5-2-1-4-13(14)15(12)18-6-3-8-19-9-7-18/h1-2,4-5,11H,3,6-10,16H2. The van der Waals surface area contributed by atoms with Crippen LogP contribution in [0.3, 0.4) is 0 Å². The zero-order valence-corrected chi connectivity index (χ0v) is 11.8. The van der Waals surface area contributed by atoms with Gasteiger partial charge in [0, 0.05) is 42.5 Å². The minimum Gasteiger partial charge on any atom is -0.370 e. The lowest BCUT2D eigenvalue weighted by Crippen LogP contribution is -2.27. The highest BCUT2D eigenvalue weighted by atomic mass is 32.2. The highest BCUT2D eigenvalue weighted by Gasteiger charge is 2.16. The van der Waals surface area contributed by atoms with Crippen molar-refractivity contribution in [2.75, 3.05) is 29.5 Å². The predicted octanol–water partition coefficient (Wildman–Crippen LogP) is 2.64. The second kappa shape index (κ2) is 5.80. The van der Waals surface area contributed by atoms with E-state index in [1.807, 2.05) is 24.0 Å². The Balaban J connectivity index is 2.12. The lowest BCUT2D eigenvalue weighted by atomic mass is 10.1. The van der Waals surface area contributed by atoms with Crippen molar-refractivity contribution in [1.29, 1.82) is 0 Å². The van der Waals surface area contributed by atoms with Crippen molar-refractivity contribution in [3.8, 4) is 0 Å². The van der Waals surface area contributed by atoms with Gasteiger partial charge in [0.05, 0.1) is 11.2 Å². The number of fused-ring (bicyclic) bond motifs is 1. The van der Waals surface area contributed by atoms with Crippen LogP contribution in [0.4, 0.5) is 5.69 Å². The lowest BCUT2D eigenvalue weighted by Gasteiger charge is -2.26. The molecule has 0 aliphatic carbocycles. The van der Waals surface area contributed by atoms with Crippen molar-refractivity contribution < 1.29 is 0 Å². The Bertz CT molecular complexity index is 562. The topological polar surface area (TPSA) is 42.1 Å². The van der Waals surface area contributed by atoms with E-state index in [1.165, 1.54) is 29.0 Å². The maximum Gasteiger partial charge on any atom is 0.0723 e. The number of para-hydroxylation sites is 1. The fourth-order valence-electron chi connectivity index (χ4n) is 2.66. The van der Waals surface area contributed by atoms with E-state index in [0.717, 1.165) is 24.2 Å². The van der Waals surface area contributed by atoms with Gasteiger partial charge < -0.3 is 10.6 Å². The number of nitrogens with zero attached hydrogens (tertiary/aromatic N) is 2. The molecule has 3 rings (SSSR count). The number of hydrogen-bond donors (Lipinski definition) is 1. The van der Waals surface area contributed by atoms with Gasteiger partial charge in [-0.05, 0) is 18.2 Å². The average Bonchev–Trinajstić information content (AvgIpc) is 2.75. The quantitative estimate of drug-likeness (QED) is 0.913. The van der Waals surface area contributed by atoms with Crippen LogP contribution in [0.5, 0.6) is 0 Å². The van der Waals surface area contributed by atoms with E-state index in [9.17, 15) is 0 Å². The average molecular weight is 273 g/mol. The molecule has 2 N–H and O–H groups in total. The van der Waals surface area contributed by atoms with Crippen LogP contribution in [0.15, 0.2) is 30.5 Å². The van der Waals surface area contributed by atoms with Gasteiger partial charge in [-0.25, -0.2) is 0 Å². The first-order valence-electron chi connectivity index (χ1n) is 6.79. The van der Waals surface area contributed by atoms with E-state index in [4.69, 9.17) is 5.73 Å². The molecule has 0 unspecified atom stereocenters. The second-order valence-corrected chi connectivity index (χ2v) is 6.03. The Morgan fingerprint density at radius 3 is 3.00 bits per heavy atom. The summed E-state index contributed by atoms with van der Waals surface area (Å²) in [5.74, 6) is 2.46. The number of thioether (sulfide) groups is 1. The molecule has 1 saturated heterocycles. The van der Waals surface area contributed by atoms with E-state index < -0.39 is 0 Å². The van der Waals surface area contributed by atoms with Crippen molar-refractivity contribution in [2.45, 2.75) is 13.0 Å². The third-order valence-corrected chi connectivity index (χ3v) is 4.63. The number of nitrogens with two attached hydrogens (primary N) is 1. The Labute approximate surface area is 118 Å². The summed E-state index contributed by atoms with van der Waals surface area (Å²) in [4.78, 5) is 7.01. The third-order valence-electron chi connectivity index (χ3n) is 3.58. The SMILES string of the molecule is NCc1cnc2ccccc2c1N1CCCSCC1. The van der Waals surface area contributed by atoms with Crippen LogP contribution in [0.2, 0.25) is 0 Å². The van der Waals surface area contributed by atoms with Crippen LogP contribution in [-0.4, -0.2) is 29.6 Å². The van der Waals surface area contributed by atoms with Gasteiger partial charge in [0.15, 0.2) is 0 Å². The zero-order valence-electron chi connectivity index (χ0n) is 11.0. The van der Waals surface area contributed by atoms with Crippen LogP contribution in [0, 0.1) is 0 Å². The van der Waals surface area contributed by atoms with Crippen LogP contribution >= 0.6 is 11.8 Å². The monoisotopic (exact) mass is 273 g/mol. The van der Waals surface area contributed by atoms with Gasteiger partial charge in [0.25, 0.3) is 0 Å². The van der Waals surface area contributed by atoms with Gasteiger partial charge in [-0.15, -0.1) is 0 Å². The Hall–Kier alpha value is -1.26. The number of anilines is 1. The van der Waals surface area contributed by atoms with Crippen molar-refractivity contribution in [3.63, 3.8) is 0 Å². The van der Waals surface area contributed by atoms with Crippen LogP contribution in [-0.2, 0) is 6.54 Å². The summed E-state index contributed by atoms with van der Waals surface area (Å²) in [6, 6.07) is 8.36. The van der Waals surface area contributed by atoms with Gasteiger partial charge in [0.1, 0.15) is 0 Å². The molecule has 3 nitrogen and oxygen atoms in total. The molecule has 1 aromatic heterocycles. The largest absolute Gasteiger partial charge is 0.370 e. The van der Waals surface area contributed by atoms with E-state index in [2.05, 4.69) is 28.1 Å². The van der Waals surface area contributed by atoms with Gasteiger partial charge in [0.2, 0.25) is 0 Å². The van der Waals surface area contributed by atoms with Crippen LogP contribution in [0.25, 0.3) is 10.9 Å². The molecule has 1 aromatic carbocycles. The highest BCUT2D eigenvalue weighted by Crippen LogP contribution is 2.30. The zero-order chi connectivity index (χ0) is 13.1. The first kappa shape index (κ1) is 12.8. The molecule has 1 fully saturated rings. The van der Waals surface area contributed by atoms with Crippen LogP contribution in [0.1, 0.15) is 12.0 Å². The number of rotatable bonds is 2. The molecular weight excluding hydrogens is 254 g/mol. The minimum atomic E-state index is 0.552.